The van der Waals surface area contributed by atoms with E-state index in [9.17, 15) is 14.7 Å². The number of hydrogen-bond acceptors (Lipinski definition) is 5. The fourth-order valence-corrected chi connectivity index (χ4v) is 1.98. The number of phenols is 1. The Hall–Kier alpha value is -3.79. The minimum absolute atomic E-state index is 0.00759. The van der Waals surface area contributed by atoms with Gasteiger partial charge in [0.05, 0.1) is 0 Å². The molecule has 2 aromatic carbocycles. The second-order valence-electron chi connectivity index (χ2n) is 5.08. The number of phenolic OH excluding ortho intramolecular Hbond substituents is 1. The van der Waals surface area contributed by atoms with Crippen LogP contribution in [0.1, 0.15) is 6.92 Å². The number of carbonyl (C=O) groups is 2. The number of hydrogen-bond donors (Lipinski definition) is 4. The van der Waals surface area contributed by atoms with E-state index in [1.54, 1.807) is 36.4 Å². The predicted octanol–water partition coefficient (Wildman–Crippen LogP) is 2.81. The van der Waals surface area contributed by atoms with Gasteiger partial charge in [0.25, 0.3) is 5.91 Å². The predicted molar refractivity (Wildman–Crippen MR) is 94.8 cm³/mol. The van der Waals surface area contributed by atoms with Gasteiger partial charge < -0.3 is 21.1 Å². The molecule has 0 spiro atoms. The molecule has 0 heterocycles. The third-order valence-electron chi connectivity index (χ3n) is 3.04. The summed E-state index contributed by atoms with van der Waals surface area (Å²) in [7, 11) is 0. The molecule has 25 heavy (non-hydrogen) atoms. The number of rotatable bonds is 5. The lowest BCUT2D eigenvalue weighted by atomic mass is 10.2. The van der Waals surface area contributed by atoms with E-state index in [0.717, 1.165) is 0 Å². The van der Waals surface area contributed by atoms with Gasteiger partial charge in [0.2, 0.25) is 5.91 Å². The Morgan fingerprint density at radius 1 is 1.04 bits per heavy atom. The van der Waals surface area contributed by atoms with Crippen LogP contribution in [-0.4, -0.2) is 16.9 Å². The van der Waals surface area contributed by atoms with Crippen molar-refractivity contribution in [2.24, 2.45) is 0 Å². The number of nitrogens with zero attached hydrogens (tertiary/aromatic N) is 1. The molecule has 0 saturated carbocycles. The highest BCUT2D eigenvalue weighted by atomic mass is 16.3. The minimum atomic E-state index is -0.612. The summed E-state index contributed by atoms with van der Waals surface area (Å²) in [6.07, 6.45) is 1.27. The molecule has 0 saturated heterocycles. The first-order chi connectivity index (χ1) is 12.0. The van der Waals surface area contributed by atoms with Gasteiger partial charge in [0.15, 0.2) is 0 Å². The molecule has 7 nitrogen and oxygen atoms in total. The molecule has 0 unspecified atom stereocenters. The molecule has 0 bridgehead atoms. The fraction of sp³-hybridized carbons (Fsp3) is 0.0556. The van der Waals surface area contributed by atoms with Gasteiger partial charge in [-0.2, -0.15) is 5.26 Å². The molecule has 4 N–H and O–H groups in total. The highest BCUT2D eigenvalue weighted by Crippen LogP contribution is 2.17. The molecule has 0 aromatic heterocycles. The van der Waals surface area contributed by atoms with Crippen molar-refractivity contribution in [3.05, 3.63) is 60.3 Å². The molecule has 126 valence electrons. The van der Waals surface area contributed by atoms with Gasteiger partial charge in [0.1, 0.15) is 17.4 Å². The summed E-state index contributed by atoms with van der Waals surface area (Å²) in [4.78, 5) is 23.2. The zero-order chi connectivity index (χ0) is 18.2. The van der Waals surface area contributed by atoms with Crippen LogP contribution >= 0.6 is 0 Å². The van der Waals surface area contributed by atoms with Crippen LogP contribution in [0.4, 0.5) is 17.1 Å². The number of benzene rings is 2. The minimum Gasteiger partial charge on any atom is -0.508 e. The largest absolute Gasteiger partial charge is 0.508 e. The lowest BCUT2D eigenvalue weighted by Crippen LogP contribution is -2.14. The molecule has 0 aliphatic heterocycles. The Balaban J connectivity index is 2.08. The Kier molecular flexibility index (Phi) is 5.74. The standard InChI is InChI=1S/C18H16N4O3/c1-12(23)21-15-5-2-4-14(8-15)20-11-13(10-19)18(25)22-16-6-3-7-17(24)9-16/h2-9,11,20,24H,1H3,(H,21,23)(H,22,25)/b13-11-. The van der Waals surface area contributed by atoms with Crippen LogP contribution in [0, 0.1) is 11.3 Å². The zero-order valence-electron chi connectivity index (χ0n) is 13.4. The third kappa shape index (κ3) is 5.41. The smallest absolute Gasteiger partial charge is 0.267 e. The summed E-state index contributed by atoms with van der Waals surface area (Å²) in [6, 6.07) is 14.7. The third-order valence-corrected chi connectivity index (χ3v) is 3.04. The molecule has 7 heteroatoms. The average molecular weight is 336 g/mol. The van der Waals surface area contributed by atoms with Crippen molar-refractivity contribution in [3.63, 3.8) is 0 Å². The lowest BCUT2D eigenvalue weighted by Gasteiger charge is -2.07. The fourth-order valence-electron chi connectivity index (χ4n) is 1.98. The maximum absolute atomic E-state index is 12.1. The first kappa shape index (κ1) is 17.6. The summed E-state index contributed by atoms with van der Waals surface area (Å²) in [5.41, 5.74) is 1.42. The van der Waals surface area contributed by atoms with Crippen LogP contribution in [0.15, 0.2) is 60.3 Å². The molecule has 0 aliphatic carbocycles. The van der Waals surface area contributed by atoms with Crippen molar-refractivity contribution in [1.29, 1.82) is 5.26 Å². The molecule has 0 atom stereocenters. The summed E-state index contributed by atoms with van der Waals surface area (Å²) >= 11 is 0. The Morgan fingerprint density at radius 2 is 1.68 bits per heavy atom. The van der Waals surface area contributed by atoms with Crippen LogP contribution in [0.3, 0.4) is 0 Å². The van der Waals surface area contributed by atoms with E-state index in [0.29, 0.717) is 17.1 Å². The quantitative estimate of drug-likeness (QED) is 0.495. The van der Waals surface area contributed by atoms with Crippen LogP contribution in [0.25, 0.3) is 0 Å². The normalized spacial score (nSPS) is 10.5. The molecular weight excluding hydrogens is 320 g/mol. The van der Waals surface area contributed by atoms with E-state index >= 15 is 0 Å². The topological polar surface area (TPSA) is 114 Å². The first-order valence-electron chi connectivity index (χ1n) is 7.33. The monoisotopic (exact) mass is 336 g/mol. The Labute approximate surface area is 144 Å². The Morgan fingerprint density at radius 3 is 2.32 bits per heavy atom. The van der Waals surface area contributed by atoms with Crippen molar-refractivity contribution in [2.45, 2.75) is 6.92 Å². The summed E-state index contributed by atoms with van der Waals surface area (Å²) in [6.45, 7) is 1.40. The van der Waals surface area contributed by atoms with Gasteiger partial charge in [0, 0.05) is 36.3 Å². The maximum Gasteiger partial charge on any atom is 0.267 e. The molecule has 2 amide bonds. The number of aromatic hydroxyl groups is 1. The van der Waals surface area contributed by atoms with Crippen molar-refractivity contribution in [2.75, 3.05) is 16.0 Å². The van der Waals surface area contributed by atoms with Crippen molar-refractivity contribution in [1.82, 2.24) is 0 Å². The second kappa shape index (κ2) is 8.17. The number of anilines is 3. The van der Waals surface area contributed by atoms with Crippen molar-refractivity contribution >= 4 is 28.9 Å². The molecule has 0 radical (unpaired) electrons. The highest BCUT2D eigenvalue weighted by Gasteiger charge is 2.09. The molecule has 0 aliphatic rings. The van der Waals surface area contributed by atoms with Crippen molar-refractivity contribution < 1.29 is 14.7 Å². The van der Waals surface area contributed by atoms with Crippen LogP contribution in [-0.2, 0) is 9.59 Å². The summed E-state index contributed by atoms with van der Waals surface area (Å²) < 4.78 is 0. The zero-order valence-corrected chi connectivity index (χ0v) is 13.4. The number of nitriles is 1. The van der Waals surface area contributed by atoms with E-state index in [1.165, 1.54) is 25.3 Å². The van der Waals surface area contributed by atoms with Crippen LogP contribution in [0.5, 0.6) is 5.75 Å². The Bertz CT molecular complexity index is 869. The molecule has 2 rings (SSSR count). The van der Waals surface area contributed by atoms with E-state index in [2.05, 4.69) is 16.0 Å². The van der Waals surface area contributed by atoms with Crippen molar-refractivity contribution in [3.8, 4) is 11.8 Å². The van der Waals surface area contributed by atoms with Crippen LogP contribution < -0.4 is 16.0 Å². The SMILES string of the molecule is CC(=O)Nc1cccc(N/C=C(/C#N)C(=O)Nc2cccc(O)c2)c1. The van der Waals surface area contributed by atoms with Gasteiger partial charge in [-0.1, -0.05) is 12.1 Å². The molecular formula is C18H16N4O3. The summed E-state index contributed by atoms with van der Waals surface area (Å²) in [5, 5.41) is 26.5. The van der Waals surface area contributed by atoms with E-state index in [4.69, 9.17) is 5.26 Å². The molecule has 0 fully saturated rings. The highest BCUT2D eigenvalue weighted by molar-refractivity contribution is 6.06. The average Bonchev–Trinajstić information content (AvgIpc) is 2.55. The second-order valence-corrected chi connectivity index (χ2v) is 5.08. The van der Waals surface area contributed by atoms with E-state index < -0.39 is 5.91 Å². The summed E-state index contributed by atoms with van der Waals surface area (Å²) in [5.74, 6) is -0.803. The number of carbonyl (C=O) groups excluding carboxylic acids is 2. The van der Waals surface area contributed by atoms with Gasteiger partial charge in [-0.15, -0.1) is 0 Å². The van der Waals surface area contributed by atoms with Gasteiger partial charge in [-0.25, -0.2) is 0 Å². The molecule has 2 aromatic rings. The maximum atomic E-state index is 12.1. The van der Waals surface area contributed by atoms with Gasteiger partial charge in [-0.05, 0) is 30.3 Å². The first-order valence-corrected chi connectivity index (χ1v) is 7.33. The number of nitrogens with one attached hydrogen (secondary N) is 3. The van der Waals surface area contributed by atoms with Crippen LogP contribution in [0.2, 0.25) is 0 Å². The van der Waals surface area contributed by atoms with Gasteiger partial charge >= 0.3 is 0 Å². The van der Waals surface area contributed by atoms with Gasteiger partial charge in [-0.3, -0.25) is 9.59 Å². The lowest BCUT2D eigenvalue weighted by molar-refractivity contribution is -0.114. The van der Waals surface area contributed by atoms with E-state index in [1.807, 2.05) is 6.07 Å². The van der Waals surface area contributed by atoms with E-state index in [-0.39, 0.29) is 17.2 Å². The number of amides is 2.